The molecule has 1 amide bonds. The second-order valence-corrected chi connectivity index (χ2v) is 6.75. The quantitative estimate of drug-likeness (QED) is 0.823. The predicted octanol–water partition coefficient (Wildman–Crippen LogP) is 3.69. The Morgan fingerprint density at radius 2 is 1.87 bits per heavy atom. The predicted molar refractivity (Wildman–Crippen MR) is 96.9 cm³/mol. The third-order valence-corrected chi connectivity index (χ3v) is 4.96. The molecule has 1 saturated carbocycles. The molecule has 23 heavy (non-hydrogen) atoms. The third-order valence-electron chi connectivity index (χ3n) is 4.96. The molecule has 2 aliphatic rings. The van der Waals surface area contributed by atoms with E-state index in [1.165, 1.54) is 36.8 Å². The molecule has 0 radical (unpaired) electrons. The smallest absolute Gasteiger partial charge is 0.223 e. The summed E-state index contributed by atoms with van der Waals surface area (Å²) in [5.74, 6) is 0.343. The summed E-state index contributed by atoms with van der Waals surface area (Å²) >= 11 is 0. The van der Waals surface area contributed by atoms with Crippen molar-refractivity contribution in [2.24, 2.45) is 0 Å². The minimum Gasteiger partial charge on any atom is -0.335 e. The molecule has 0 spiro atoms. The number of hydrogen-bond donors (Lipinski definition) is 1. The highest BCUT2D eigenvalue weighted by atomic mass is 35.5. The van der Waals surface area contributed by atoms with Crippen molar-refractivity contribution in [3.05, 3.63) is 35.4 Å². The van der Waals surface area contributed by atoms with Crippen molar-refractivity contribution in [3.63, 3.8) is 0 Å². The van der Waals surface area contributed by atoms with Crippen molar-refractivity contribution in [1.29, 1.82) is 0 Å². The molecular formula is C19H29ClN2O. The van der Waals surface area contributed by atoms with Gasteiger partial charge in [0, 0.05) is 25.0 Å². The van der Waals surface area contributed by atoms with Gasteiger partial charge in [0.25, 0.3) is 0 Å². The SMILES string of the molecule is CCc1ccc(CN(C(=O)CCC2CCCN2)C2CC2)cc1.Cl. The first-order chi connectivity index (χ1) is 10.8. The molecule has 1 aliphatic heterocycles. The monoisotopic (exact) mass is 336 g/mol. The Bertz CT molecular complexity index is 493. The lowest BCUT2D eigenvalue weighted by Crippen LogP contribution is -2.33. The molecule has 3 nitrogen and oxygen atoms in total. The molecular weight excluding hydrogens is 308 g/mol. The van der Waals surface area contributed by atoms with E-state index in [0.717, 1.165) is 25.9 Å². The molecule has 1 atom stereocenters. The van der Waals surface area contributed by atoms with Crippen molar-refractivity contribution in [1.82, 2.24) is 10.2 Å². The van der Waals surface area contributed by atoms with Gasteiger partial charge >= 0.3 is 0 Å². The maximum Gasteiger partial charge on any atom is 0.223 e. The molecule has 128 valence electrons. The highest BCUT2D eigenvalue weighted by molar-refractivity contribution is 5.85. The number of rotatable bonds is 7. The van der Waals surface area contributed by atoms with Crippen LogP contribution in [0.25, 0.3) is 0 Å². The lowest BCUT2D eigenvalue weighted by Gasteiger charge is -2.23. The first-order valence-corrected chi connectivity index (χ1v) is 8.87. The van der Waals surface area contributed by atoms with Gasteiger partial charge in [-0.2, -0.15) is 0 Å². The fourth-order valence-electron chi connectivity index (χ4n) is 3.33. The minimum absolute atomic E-state index is 0. The number of nitrogens with one attached hydrogen (secondary N) is 1. The summed E-state index contributed by atoms with van der Waals surface area (Å²) in [7, 11) is 0. The van der Waals surface area contributed by atoms with Crippen LogP contribution in [0.2, 0.25) is 0 Å². The second kappa shape index (κ2) is 8.70. The van der Waals surface area contributed by atoms with E-state index in [9.17, 15) is 4.79 Å². The van der Waals surface area contributed by atoms with Gasteiger partial charge in [0.2, 0.25) is 5.91 Å². The van der Waals surface area contributed by atoms with Crippen molar-refractivity contribution >= 4 is 18.3 Å². The number of amides is 1. The average molecular weight is 337 g/mol. The lowest BCUT2D eigenvalue weighted by atomic mass is 10.1. The summed E-state index contributed by atoms with van der Waals surface area (Å²) in [5, 5.41) is 3.49. The molecule has 3 rings (SSSR count). The van der Waals surface area contributed by atoms with E-state index in [4.69, 9.17) is 0 Å². The Hall–Kier alpha value is -1.06. The molecule has 1 aromatic rings. The summed E-state index contributed by atoms with van der Waals surface area (Å²) in [4.78, 5) is 14.7. The first-order valence-electron chi connectivity index (χ1n) is 8.87. The van der Waals surface area contributed by atoms with Gasteiger partial charge in [-0.3, -0.25) is 4.79 Å². The Morgan fingerprint density at radius 1 is 1.17 bits per heavy atom. The van der Waals surface area contributed by atoms with E-state index in [0.29, 0.717) is 24.4 Å². The Kier molecular flexibility index (Phi) is 6.91. The fourth-order valence-corrected chi connectivity index (χ4v) is 3.33. The number of benzene rings is 1. The first kappa shape index (κ1) is 18.3. The molecule has 4 heteroatoms. The van der Waals surface area contributed by atoms with Gasteiger partial charge in [-0.25, -0.2) is 0 Å². The number of aryl methyl sites for hydroxylation is 1. The number of nitrogens with zero attached hydrogens (tertiary/aromatic N) is 1. The topological polar surface area (TPSA) is 32.3 Å². The molecule has 1 aromatic carbocycles. The Labute approximate surface area is 146 Å². The van der Waals surface area contributed by atoms with Gasteiger partial charge in [-0.05, 0) is 56.2 Å². The zero-order valence-electron chi connectivity index (χ0n) is 14.1. The summed E-state index contributed by atoms with van der Waals surface area (Å²) in [6, 6.07) is 9.80. The molecule has 0 aromatic heterocycles. The maximum absolute atomic E-state index is 12.6. The van der Waals surface area contributed by atoms with E-state index in [2.05, 4.69) is 41.4 Å². The summed E-state index contributed by atoms with van der Waals surface area (Å²) < 4.78 is 0. The van der Waals surface area contributed by atoms with Crippen molar-refractivity contribution in [2.75, 3.05) is 6.54 Å². The van der Waals surface area contributed by atoms with Gasteiger partial charge in [-0.15, -0.1) is 12.4 Å². The van der Waals surface area contributed by atoms with E-state index >= 15 is 0 Å². The zero-order valence-corrected chi connectivity index (χ0v) is 14.9. The number of carbonyl (C=O) groups is 1. The van der Waals surface area contributed by atoms with Gasteiger partial charge < -0.3 is 10.2 Å². The van der Waals surface area contributed by atoms with Crippen LogP contribution in [0.15, 0.2) is 24.3 Å². The highest BCUT2D eigenvalue weighted by Crippen LogP contribution is 2.29. The number of carbonyl (C=O) groups excluding carboxylic acids is 1. The highest BCUT2D eigenvalue weighted by Gasteiger charge is 2.32. The lowest BCUT2D eigenvalue weighted by molar-refractivity contribution is -0.132. The van der Waals surface area contributed by atoms with Crippen LogP contribution in [0.5, 0.6) is 0 Å². The molecule has 1 N–H and O–H groups in total. The molecule has 1 aliphatic carbocycles. The van der Waals surface area contributed by atoms with Gasteiger partial charge in [-0.1, -0.05) is 31.2 Å². The molecule has 1 heterocycles. The minimum atomic E-state index is 0. The van der Waals surface area contributed by atoms with Crippen LogP contribution in [-0.4, -0.2) is 29.4 Å². The van der Waals surface area contributed by atoms with Gasteiger partial charge in [0.1, 0.15) is 0 Å². The maximum atomic E-state index is 12.6. The molecule has 1 saturated heterocycles. The number of hydrogen-bond acceptors (Lipinski definition) is 2. The van der Waals surface area contributed by atoms with E-state index < -0.39 is 0 Å². The van der Waals surface area contributed by atoms with Crippen molar-refractivity contribution in [3.8, 4) is 0 Å². The molecule has 0 bridgehead atoms. The van der Waals surface area contributed by atoms with Gasteiger partial charge in [0.05, 0.1) is 0 Å². The zero-order chi connectivity index (χ0) is 15.4. The second-order valence-electron chi connectivity index (χ2n) is 6.75. The third kappa shape index (κ3) is 5.22. The van der Waals surface area contributed by atoms with Crippen LogP contribution in [0.3, 0.4) is 0 Å². The molecule has 1 unspecified atom stereocenters. The van der Waals surface area contributed by atoms with Crippen LogP contribution >= 0.6 is 12.4 Å². The Balaban J connectivity index is 0.00000192. The van der Waals surface area contributed by atoms with E-state index in [1.54, 1.807) is 0 Å². The van der Waals surface area contributed by atoms with E-state index in [-0.39, 0.29) is 12.4 Å². The van der Waals surface area contributed by atoms with Crippen molar-refractivity contribution in [2.45, 2.75) is 70.5 Å². The van der Waals surface area contributed by atoms with Crippen LogP contribution < -0.4 is 5.32 Å². The average Bonchev–Trinajstić information content (AvgIpc) is 3.26. The number of halogens is 1. The van der Waals surface area contributed by atoms with Crippen LogP contribution in [0.4, 0.5) is 0 Å². The van der Waals surface area contributed by atoms with Crippen LogP contribution in [-0.2, 0) is 17.8 Å². The normalized spacial score (nSPS) is 20.1. The fraction of sp³-hybridized carbons (Fsp3) is 0.632. The van der Waals surface area contributed by atoms with Crippen LogP contribution in [0, 0.1) is 0 Å². The summed E-state index contributed by atoms with van der Waals surface area (Å²) in [6.45, 7) is 4.08. The standard InChI is InChI=1S/C19H28N2O.ClH/c1-2-15-5-7-16(8-6-15)14-21(18-10-11-18)19(22)12-9-17-4-3-13-20-17;/h5-8,17-18,20H,2-4,9-14H2,1H3;1H. The molecule has 2 fully saturated rings. The Morgan fingerprint density at radius 3 is 2.43 bits per heavy atom. The van der Waals surface area contributed by atoms with Crippen molar-refractivity contribution < 1.29 is 4.79 Å². The van der Waals surface area contributed by atoms with E-state index in [1.807, 2.05) is 0 Å². The van der Waals surface area contributed by atoms with Crippen LogP contribution in [0.1, 0.15) is 56.6 Å². The summed E-state index contributed by atoms with van der Waals surface area (Å²) in [6.07, 6.45) is 7.61. The van der Waals surface area contributed by atoms with Gasteiger partial charge in [0.15, 0.2) is 0 Å². The largest absolute Gasteiger partial charge is 0.335 e. The summed E-state index contributed by atoms with van der Waals surface area (Å²) in [5.41, 5.74) is 2.62.